The molecular formula is C10H20N2O3. The van der Waals surface area contributed by atoms with Gasteiger partial charge in [0.15, 0.2) is 0 Å². The fourth-order valence-corrected chi connectivity index (χ4v) is 1.22. The lowest BCUT2D eigenvalue weighted by molar-refractivity contribution is -0.148. The highest BCUT2D eigenvalue weighted by Gasteiger charge is 2.27. The summed E-state index contributed by atoms with van der Waals surface area (Å²) in [6.45, 7) is 5.63. The van der Waals surface area contributed by atoms with Gasteiger partial charge in [-0.05, 0) is 33.7 Å². The van der Waals surface area contributed by atoms with Crippen LogP contribution in [0.4, 0.5) is 0 Å². The molecular weight excluding hydrogens is 196 g/mol. The number of carboxylic acids is 1. The minimum atomic E-state index is -0.994. The molecule has 0 aliphatic heterocycles. The highest BCUT2D eigenvalue weighted by Crippen LogP contribution is 2.14. The van der Waals surface area contributed by atoms with Crippen molar-refractivity contribution < 1.29 is 14.7 Å². The van der Waals surface area contributed by atoms with Crippen LogP contribution in [0.3, 0.4) is 0 Å². The maximum atomic E-state index is 11.7. The fraction of sp³-hybridized carbons (Fsp3) is 0.800. The van der Waals surface area contributed by atoms with E-state index in [0.29, 0.717) is 19.4 Å². The Labute approximate surface area is 90.2 Å². The number of hydrogen-bond donors (Lipinski definition) is 2. The van der Waals surface area contributed by atoms with Crippen molar-refractivity contribution >= 4 is 11.9 Å². The van der Waals surface area contributed by atoms with Gasteiger partial charge in [0, 0.05) is 12.0 Å². The van der Waals surface area contributed by atoms with Crippen molar-refractivity contribution in [3.63, 3.8) is 0 Å². The second-order valence-corrected chi connectivity index (χ2v) is 4.44. The molecule has 1 amide bonds. The minimum absolute atomic E-state index is 0.157. The first-order valence-electron chi connectivity index (χ1n) is 5.01. The Morgan fingerprint density at radius 3 is 2.20 bits per heavy atom. The molecule has 0 aromatic carbocycles. The van der Waals surface area contributed by atoms with Crippen molar-refractivity contribution in [3.05, 3.63) is 0 Å². The van der Waals surface area contributed by atoms with Crippen LogP contribution in [-0.2, 0) is 9.59 Å². The first-order valence-corrected chi connectivity index (χ1v) is 5.01. The molecule has 0 radical (unpaired) electrons. The van der Waals surface area contributed by atoms with E-state index >= 15 is 0 Å². The highest BCUT2D eigenvalue weighted by molar-refractivity contribution is 5.82. The molecule has 0 bridgehead atoms. The highest BCUT2D eigenvalue weighted by atomic mass is 16.4. The average Bonchev–Trinajstić information content (AvgIpc) is 2.08. The van der Waals surface area contributed by atoms with Gasteiger partial charge >= 0.3 is 5.97 Å². The van der Waals surface area contributed by atoms with Crippen LogP contribution in [0.15, 0.2) is 0 Å². The Balaban J connectivity index is 4.49. The number of hydrogen-bond acceptors (Lipinski definition) is 3. The zero-order chi connectivity index (χ0) is 12.1. The molecule has 0 rings (SSSR count). The topological polar surface area (TPSA) is 83.6 Å². The molecule has 0 aromatic rings. The summed E-state index contributed by atoms with van der Waals surface area (Å²) in [5, 5.41) is 8.70. The second kappa shape index (κ2) is 5.70. The predicted octanol–water partition coefficient (Wildman–Crippen LogP) is 0.437. The van der Waals surface area contributed by atoms with E-state index < -0.39 is 11.5 Å². The zero-order valence-corrected chi connectivity index (χ0v) is 9.62. The average molecular weight is 216 g/mol. The molecule has 5 heteroatoms. The van der Waals surface area contributed by atoms with Crippen LogP contribution in [0.1, 0.15) is 33.6 Å². The van der Waals surface area contributed by atoms with E-state index in [0.717, 1.165) is 0 Å². The van der Waals surface area contributed by atoms with Gasteiger partial charge in [0.25, 0.3) is 0 Å². The van der Waals surface area contributed by atoms with E-state index in [4.69, 9.17) is 10.8 Å². The number of nitrogens with zero attached hydrogens (tertiary/aromatic N) is 1. The molecule has 0 atom stereocenters. The largest absolute Gasteiger partial charge is 0.480 e. The third-order valence-corrected chi connectivity index (χ3v) is 2.00. The molecule has 5 nitrogen and oxygen atoms in total. The lowest BCUT2D eigenvalue weighted by Gasteiger charge is -2.34. The second-order valence-electron chi connectivity index (χ2n) is 4.44. The summed E-state index contributed by atoms with van der Waals surface area (Å²) in [5.74, 6) is -1.15. The molecule has 0 spiro atoms. The number of rotatable bonds is 5. The van der Waals surface area contributed by atoms with Crippen molar-refractivity contribution in [2.75, 3.05) is 13.1 Å². The van der Waals surface area contributed by atoms with Gasteiger partial charge in [-0.25, -0.2) is 0 Å². The van der Waals surface area contributed by atoms with Gasteiger partial charge in [0.2, 0.25) is 5.91 Å². The summed E-state index contributed by atoms with van der Waals surface area (Å²) in [7, 11) is 0. The third kappa shape index (κ3) is 5.37. The normalized spacial score (nSPS) is 11.2. The van der Waals surface area contributed by atoms with Crippen LogP contribution >= 0.6 is 0 Å². The van der Waals surface area contributed by atoms with E-state index in [1.165, 1.54) is 4.90 Å². The van der Waals surface area contributed by atoms with Gasteiger partial charge in [-0.2, -0.15) is 0 Å². The number of carbonyl (C=O) groups is 2. The molecule has 88 valence electrons. The number of aliphatic carboxylic acids is 1. The number of nitrogens with two attached hydrogens (primary N) is 1. The van der Waals surface area contributed by atoms with E-state index in [-0.39, 0.29) is 12.5 Å². The lowest BCUT2D eigenvalue weighted by atomic mass is 10.0. The number of carboxylic acid groups (broad SMARTS) is 1. The maximum absolute atomic E-state index is 11.7. The van der Waals surface area contributed by atoms with E-state index in [9.17, 15) is 9.59 Å². The molecule has 0 aliphatic rings. The van der Waals surface area contributed by atoms with Crippen LogP contribution < -0.4 is 5.73 Å². The summed E-state index contributed by atoms with van der Waals surface area (Å²) in [5.41, 5.74) is 4.83. The summed E-state index contributed by atoms with van der Waals surface area (Å²) in [6.07, 6.45) is 0.895. The van der Waals surface area contributed by atoms with E-state index in [2.05, 4.69) is 0 Å². The molecule has 0 aliphatic carbocycles. The summed E-state index contributed by atoms with van der Waals surface area (Å²) >= 11 is 0. The monoisotopic (exact) mass is 216 g/mol. The summed E-state index contributed by atoms with van der Waals surface area (Å²) in [6, 6.07) is 0. The van der Waals surface area contributed by atoms with Crippen LogP contribution in [-0.4, -0.2) is 40.5 Å². The van der Waals surface area contributed by atoms with Crippen LogP contribution in [0.25, 0.3) is 0 Å². The van der Waals surface area contributed by atoms with Gasteiger partial charge < -0.3 is 15.7 Å². The van der Waals surface area contributed by atoms with Crippen molar-refractivity contribution in [2.24, 2.45) is 5.73 Å². The number of amides is 1. The van der Waals surface area contributed by atoms with Crippen LogP contribution in [0, 0.1) is 0 Å². The summed E-state index contributed by atoms with van der Waals surface area (Å²) < 4.78 is 0. The smallest absolute Gasteiger partial charge is 0.323 e. The molecule has 3 N–H and O–H groups in total. The van der Waals surface area contributed by atoms with Gasteiger partial charge in [-0.1, -0.05) is 0 Å². The van der Waals surface area contributed by atoms with Crippen LogP contribution in [0.5, 0.6) is 0 Å². The molecule has 0 unspecified atom stereocenters. The van der Waals surface area contributed by atoms with Gasteiger partial charge in [-0.3, -0.25) is 9.59 Å². The SMILES string of the molecule is CC(C)(C)N(CC(=O)O)C(=O)CCCN. The standard InChI is InChI=1S/C10H20N2O3/c1-10(2,3)12(7-9(14)15)8(13)5-4-6-11/h4-7,11H2,1-3H3,(H,14,15). The van der Waals surface area contributed by atoms with Crippen molar-refractivity contribution in [1.29, 1.82) is 0 Å². The molecule has 0 saturated heterocycles. The van der Waals surface area contributed by atoms with Gasteiger partial charge in [0.1, 0.15) is 6.54 Å². The van der Waals surface area contributed by atoms with Crippen molar-refractivity contribution in [1.82, 2.24) is 4.90 Å². The van der Waals surface area contributed by atoms with Crippen LogP contribution in [0.2, 0.25) is 0 Å². The van der Waals surface area contributed by atoms with E-state index in [1.54, 1.807) is 0 Å². The Bertz CT molecular complexity index is 233. The molecule has 0 aromatic heterocycles. The molecule has 0 heterocycles. The first-order chi connectivity index (χ1) is 6.79. The zero-order valence-electron chi connectivity index (χ0n) is 9.62. The quantitative estimate of drug-likeness (QED) is 0.698. The first kappa shape index (κ1) is 13.9. The molecule has 0 fully saturated rings. The van der Waals surface area contributed by atoms with Gasteiger partial charge in [0.05, 0.1) is 0 Å². The van der Waals surface area contributed by atoms with Crippen molar-refractivity contribution in [3.8, 4) is 0 Å². The molecule has 0 saturated carbocycles. The Morgan fingerprint density at radius 1 is 1.33 bits per heavy atom. The Kier molecular flexibility index (Phi) is 5.28. The Hall–Kier alpha value is -1.10. The third-order valence-electron chi connectivity index (χ3n) is 2.00. The maximum Gasteiger partial charge on any atom is 0.323 e. The minimum Gasteiger partial charge on any atom is -0.480 e. The van der Waals surface area contributed by atoms with Crippen molar-refractivity contribution in [2.45, 2.75) is 39.2 Å². The van der Waals surface area contributed by atoms with Gasteiger partial charge in [-0.15, -0.1) is 0 Å². The predicted molar refractivity (Wildman–Crippen MR) is 57.4 cm³/mol. The summed E-state index contributed by atoms with van der Waals surface area (Å²) in [4.78, 5) is 23.7. The molecule has 15 heavy (non-hydrogen) atoms. The number of carbonyl (C=O) groups excluding carboxylic acids is 1. The Morgan fingerprint density at radius 2 is 1.87 bits per heavy atom. The lowest BCUT2D eigenvalue weighted by Crippen LogP contribution is -2.48. The van der Waals surface area contributed by atoms with E-state index in [1.807, 2.05) is 20.8 Å². The fourth-order valence-electron chi connectivity index (χ4n) is 1.22.